The first-order chi connectivity index (χ1) is 14.8. The van der Waals surface area contributed by atoms with Crippen LogP contribution >= 0.6 is 0 Å². The number of nitrogens with one attached hydrogen (secondary N) is 1. The normalized spacial score (nSPS) is 12.5. The Morgan fingerprint density at radius 3 is 2.65 bits per heavy atom. The highest BCUT2D eigenvalue weighted by Gasteiger charge is 2.23. The van der Waals surface area contributed by atoms with Crippen molar-refractivity contribution in [2.75, 3.05) is 6.54 Å². The molecule has 0 aliphatic rings. The van der Waals surface area contributed by atoms with E-state index in [0.717, 1.165) is 40.6 Å². The summed E-state index contributed by atoms with van der Waals surface area (Å²) in [6.45, 7) is 9.29. The first kappa shape index (κ1) is 20.8. The summed E-state index contributed by atoms with van der Waals surface area (Å²) in [5, 5.41) is 13.4. The fourth-order valence-electron chi connectivity index (χ4n) is 4.37. The first-order valence-corrected chi connectivity index (χ1v) is 10.6. The molecule has 0 aliphatic carbocycles. The molecule has 1 N–H and O–H groups in total. The summed E-state index contributed by atoms with van der Waals surface area (Å²) in [5.74, 6) is -0.125. The van der Waals surface area contributed by atoms with Crippen molar-refractivity contribution in [1.29, 1.82) is 0 Å². The lowest BCUT2D eigenvalue weighted by atomic mass is 10.1. The summed E-state index contributed by atoms with van der Waals surface area (Å²) in [6.07, 6.45) is 2.41. The Kier molecular flexibility index (Phi) is 5.39. The molecule has 0 fully saturated rings. The molecule has 0 bridgehead atoms. The number of fused-ring (bicyclic) bond motifs is 3. The average Bonchev–Trinajstić information content (AvgIpc) is 3.24. The summed E-state index contributed by atoms with van der Waals surface area (Å²) < 4.78 is 5.12. The molecule has 4 aromatic rings. The summed E-state index contributed by atoms with van der Waals surface area (Å²) in [6, 6.07) is 7.19. The summed E-state index contributed by atoms with van der Waals surface area (Å²) in [4.78, 5) is 26.0. The number of carbonyl (C=O) groups excluding carboxylic acids is 1. The van der Waals surface area contributed by atoms with Gasteiger partial charge >= 0.3 is 0 Å². The lowest BCUT2D eigenvalue weighted by Crippen LogP contribution is -2.33. The second kappa shape index (κ2) is 8.02. The lowest BCUT2D eigenvalue weighted by Gasteiger charge is -2.16. The zero-order chi connectivity index (χ0) is 22.3. The van der Waals surface area contributed by atoms with E-state index in [4.69, 9.17) is 0 Å². The maximum atomic E-state index is 13.1. The van der Waals surface area contributed by atoms with E-state index >= 15 is 0 Å². The van der Waals surface area contributed by atoms with Crippen molar-refractivity contribution < 1.29 is 4.79 Å². The summed E-state index contributed by atoms with van der Waals surface area (Å²) in [5.41, 5.74) is 4.44. The van der Waals surface area contributed by atoms with Crippen LogP contribution in [0.1, 0.15) is 36.8 Å². The Morgan fingerprint density at radius 1 is 1.19 bits per heavy atom. The largest absolute Gasteiger partial charge is 0.354 e. The summed E-state index contributed by atoms with van der Waals surface area (Å²) in [7, 11) is 1.62. The SMILES string of the molecule is CCn1nc(C)c(CCNC(=O)[C@@H](C)n2c3ccccc3c3cnn(C)c(=O)c32)c1C. The fraction of sp³-hybridized carbons (Fsp3) is 0.391. The number of rotatable bonds is 6. The molecular formula is C23H28N6O2. The van der Waals surface area contributed by atoms with E-state index in [9.17, 15) is 9.59 Å². The van der Waals surface area contributed by atoms with Crippen LogP contribution in [0.5, 0.6) is 0 Å². The van der Waals surface area contributed by atoms with Gasteiger partial charge in [0.1, 0.15) is 11.6 Å². The number of para-hydroxylation sites is 1. The third kappa shape index (κ3) is 3.41. The lowest BCUT2D eigenvalue weighted by molar-refractivity contribution is -0.123. The summed E-state index contributed by atoms with van der Waals surface area (Å²) >= 11 is 0. The molecular weight excluding hydrogens is 392 g/mol. The number of aryl methyl sites for hydroxylation is 3. The quantitative estimate of drug-likeness (QED) is 0.520. The smallest absolute Gasteiger partial charge is 0.291 e. The van der Waals surface area contributed by atoms with Gasteiger partial charge in [-0.1, -0.05) is 18.2 Å². The van der Waals surface area contributed by atoms with Gasteiger partial charge in [0.05, 0.1) is 17.4 Å². The topological polar surface area (TPSA) is 86.7 Å². The van der Waals surface area contributed by atoms with Crippen LogP contribution in [-0.2, 0) is 24.8 Å². The molecule has 162 valence electrons. The van der Waals surface area contributed by atoms with E-state index in [1.807, 2.05) is 47.4 Å². The minimum absolute atomic E-state index is 0.125. The van der Waals surface area contributed by atoms with Crippen molar-refractivity contribution in [2.45, 2.75) is 46.7 Å². The predicted octanol–water partition coefficient (Wildman–Crippen LogP) is 2.64. The van der Waals surface area contributed by atoms with Crippen LogP contribution in [0, 0.1) is 13.8 Å². The molecule has 0 spiro atoms. The van der Waals surface area contributed by atoms with Crippen molar-refractivity contribution in [3.05, 3.63) is 57.8 Å². The van der Waals surface area contributed by atoms with Gasteiger partial charge in [0.25, 0.3) is 5.56 Å². The van der Waals surface area contributed by atoms with Gasteiger partial charge in [-0.15, -0.1) is 0 Å². The van der Waals surface area contributed by atoms with Crippen LogP contribution in [0.3, 0.4) is 0 Å². The fourth-order valence-corrected chi connectivity index (χ4v) is 4.37. The molecule has 3 heterocycles. The number of hydrogen-bond acceptors (Lipinski definition) is 4. The zero-order valence-electron chi connectivity index (χ0n) is 18.6. The number of carbonyl (C=O) groups is 1. The highest BCUT2D eigenvalue weighted by molar-refractivity contribution is 6.08. The second-order valence-electron chi connectivity index (χ2n) is 7.90. The van der Waals surface area contributed by atoms with Crippen LogP contribution in [0.25, 0.3) is 21.8 Å². The monoisotopic (exact) mass is 420 g/mol. The molecule has 1 atom stereocenters. The highest BCUT2D eigenvalue weighted by Crippen LogP contribution is 2.29. The van der Waals surface area contributed by atoms with E-state index in [1.165, 1.54) is 10.2 Å². The van der Waals surface area contributed by atoms with Crippen LogP contribution < -0.4 is 10.9 Å². The molecule has 1 amide bonds. The molecule has 0 saturated carbocycles. The number of benzene rings is 1. The van der Waals surface area contributed by atoms with Crippen molar-refractivity contribution in [3.8, 4) is 0 Å². The van der Waals surface area contributed by atoms with Crippen LogP contribution in [0.4, 0.5) is 0 Å². The number of hydrogen-bond donors (Lipinski definition) is 1. The van der Waals surface area contributed by atoms with Crippen molar-refractivity contribution >= 4 is 27.7 Å². The molecule has 1 aromatic carbocycles. The minimum Gasteiger partial charge on any atom is -0.354 e. The van der Waals surface area contributed by atoms with E-state index in [2.05, 4.69) is 29.4 Å². The Labute approximate surface area is 180 Å². The van der Waals surface area contributed by atoms with Gasteiger partial charge < -0.3 is 9.88 Å². The molecule has 0 aliphatic heterocycles. The number of aromatic nitrogens is 5. The molecule has 31 heavy (non-hydrogen) atoms. The molecule has 3 aromatic heterocycles. The Balaban J connectivity index is 1.63. The van der Waals surface area contributed by atoms with E-state index in [1.54, 1.807) is 13.2 Å². The molecule has 0 unspecified atom stereocenters. The zero-order valence-corrected chi connectivity index (χ0v) is 18.6. The molecule has 8 nitrogen and oxygen atoms in total. The second-order valence-corrected chi connectivity index (χ2v) is 7.90. The third-order valence-corrected chi connectivity index (χ3v) is 6.08. The van der Waals surface area contributed by atoms with E-state index < -0.39 is 6.04 Å². The minimum atomic E-state index is -0.543. The maximum Gasteiger partial charge on any atom is 0.291 e. The Bertz CT molecular complexity index is 1340. The maximum absolute atomic E-state index is 13.1. The molecule has 0 radical (unpaired) electrons. The molecule has 8 heteroatoms. The Hall–Kier alpha value is -3.42. The van der Waals surface area contributed by atoms with Gasteiger partial charge in [0, 0.05) is 36.6 Å². The van der Waals surface area contributed by atoms with Gasteiger partial charge in [-0.2, -0.15) is 10.2 Å². The molecule has 4 rings (SSSR count). The van der Waals surface area contributed by atoms with E-state index in [0.29, 0.717) is 12.1 Å². The third-order valence-electron chi connectivity index (χ3n) is 6.08. The average molecular weight is 421 g/mol. The molecule has 0 saturated heterocycles. The van der Waals surface area contributed by atoms with Crippen LogP contribution in [-0.4, -0.2) is 36.6 Å². The van der Waals surface area contributed by atoms with Gasteiger partial charge in [-0.25, -0.2) is 4.68 Å². The van der Waals surface area contributed by atoms with Gasteiger partial charge in [-0.3, -0.25) is 14.3 Å². The number of nitrogens with zero attached hydrogens (tertiary/aromatic N) is 5. The number of amides is 1. The van der Waals surface area contributed by atoms with Crippen LogP contribution in [0.15, 0.2) is 35.3 Å². The van der Waals surface area contributed by atoms with Crippen LogP contribution in [0.2, 0.25) is 0 Å². The Morgan fingerprint density at radius 2 is 1.94 bits per heavy atom. The highest BCUT2D eigenvalue weighted by atomic mass is 16.2. The predicted molar refractivity (Wildman–Crippen MR) is 121 cm³/mol. The first-order valence-electron chi connectivity index (χ1n) is 10.6. The van der Waals surface area contributed by atoms with Gasteiger partial charge in [0.15, 0.2) is 0 Å². The van der Waals surface area contributed by atoms with Crippen molar-refractivity contribution in [1.82, 2.24) is 29.4 Å². The van der Waals surface area contributed by atoms with Crippen molar-refractivity contribution in [3.63, 3.8) is 0 Å². The van der Waals surface area contributed by atoms with E-state index in [-0.39, 0.29) is 11.5 Å². The van der Waals surface area contributed by atoms with Gasteiger partial charge in [0.2, 0.25) is 5.91 Å². The van der Waals surface area contributed by atoms with Gasteiger partial charge in [-0.05, 0) is 45.7 Å². The van der Waals surface area contributed by atoms with Crippen molar-refractivity contribution in [2.24, 2.45) is 7.05 Å². The standard InChI is InChI=1S/C23H28N6O2/c1-6-28-15(3)17(14(2)26-28)11-12-24-22(30)16(4)29-20-10-8-7-9-18(20)19-13-25-27(5)23(31)21(19)29/h7-10,13,16H,6,11-12H2,1-5H3,(H,24,30)/t16-/m1/s1.